The van der Waals surface area contributed by atoms with Crippen molar-refractivity contribution in [3.63, 3.8) is 0 Å². The fourth-order valence-electron chi connectivity index (χ4n) is 10.9. The van der Waals surface area contributed by atoms with Crippen LogP contribution in [0.3, 0.4) is 0 Å². The van der Waals surface area contributed by atoms with Gasteiger partial charge < -0.3 is 24.1 Å². The van der Waals surface area contributed by atoms with E-state index in [1.54, 1.807) is 39.5 Å². The number of benzene rings is 7. The summed E-state index contributed by atoms with van der Waals surface area (Å²) in [5.74, 6) is 6.70. The standard InChI is InChI=1S/2C22H25ClO2.C12H15BrO2.C10H10BrCl.C8H7BrO3/c2*1-14(2)10-21(24)16-6-9-22(25-3)20(13-16)18-11-17(12-18)15-4-7-19(23)8-5-15;1-8(2)6-11(14)9-4-5-12(15-3)10(13)7-9;11-9-5-8(6-9)7-1-3-10(12)4-2-7;1-12-7-3-2-5(8(10)11)4-6(7)9/h2*4-9,13-14,17-18H,10-12H2,1-3H3;4-5,7-8H,6H2,1-3H3;1-4,8-9H,5-6H2;2-4H,1H3,(H,10,11). The zero-order chi connectivity index (χ0) is 65.1. The summed E-state index contributed by atoms with van der Waals surface area (Å²) < 4.78 is 22.6. The molecular formula is C74H82Br3Cl3O9. The van der Waals surface area contributed by atoms with Gasteiger partial charge in [-0.3, -0.25) is 14.4 Å². The Labute approximate surface area is 567 Å². The number of carbonyl (C=O) groups excluding carboxylic acids is 3. The molecule has 474 valence electrons. The van der Waals surface area contributed by atoms with E-state index in [4.69, 9.17) is 58.9 Å². The highest BCUT2D eigenvalue weighted by Gasteiger charge is 2.35. The lowest BCUT2D eigenvalue weighted by Gasteiger charge is -2.37. The van der Waals surface area contributed by atoms with Crippen LogP contribution in [0.15, 0.2) is 155 Å². The van der Waals surface area contributed by atoms with Gasteiger partial charge in [0.15, 0.2) is 17.3 Å². The minimum absolute atomic E-state index is 0.174. The molecule has 0 saturated heterocycles. The van der Waals surface area contributed by atoms with Crippen LogP contribution in [0.5, 0.6) is 23.0 Å². The normalized spacial score (nSPS) is 17.8. The zero-order valence-electron chi connectivity index (χ0n) is 52.4. The summed E-state index contributed by atoms with van der Waals surface area (Å²) in [5, 5.41) is 11.0. The second kappa shape index (κ2) is 35.4. The van der Waals surface area contributed by atoms with E-state index >= 15 is 0 Å². The SMILES string of the molecule is COc1ccc(C(=O)CC(C)C)cc1Br.COc1ccc(C(=O)CC(C)C)cc1C1CC(c2ccc(Cl)cc2)C1.COc1ccc(C(=O)CC(C)C)cc1C1CC(c2ccc(Cl)cc2)C1.COc1ccc(C(=O)O)cc1Br.Clc1ccc(C2CC(Br)C2)cc1. The summed E-state index contributed by atoms with van der Waals surface area (Å²) in [6.07, 6.45) is 8.62. The summed E-state index contributed by atoms with van der Waals surface area (Å²) in [4.78, 5) is 47.8. The van der Waals surface area contributed by atoms with Gasteiger partial charge in [0.05, 0.1) is 42.9 Å². The van der Waals surface area contributed by atoms with E-state index in [-0.39, 0.29) is 22.9 Å². The number of Topliss-reactive ketones (excluding diaryl/α,β-unsaturated/α-hetero) is 3. The van der Waals surface area contributed by atoms with Crippen molar-refractivity contribution in [3.05, 3.63) is 220 Å². The average molecular weight is 1460 g/mol. The quantitative estimate of drug-likeness (QED) is 0.0622. The number of methoxy groups -OCH3 is 4. The van der Waals surface area contributed by atoms with E-state index in [0.29, 0.717) is 70.9 Å². The number of halogens is 6. The molecule has 0 aliphatic heterocycles. The van der Waals surface area contributed by atoms with E-state index in [1.165, 1.54) is 59.9 Å². The molecule has 3 aliphatic rings. The molecule has 89 heavy (non-hydrogen) atoms. The first kappa shape index (κ1) is 72.6. The number of carboxylic acids is 1. The van der Waals surface area contributed by atoms with E-state index in [9.17, 15) is 19.2 Å². The fourth-order valence-corrected chi connectivity index (χ4v) is 13.2. The topological polar surface area (TPSA) is 125 Å². The molecule has 1 N–H and O–H groups in total. The van der Waals surface area contributed by atoms with Gasteiger partial charge in [-0.1, -0.05) is 129 Å². The number of hydrogen-bond acceptors (Lipinski definition) is 8. The molecule has 0 spiro atoms. The van der Waals surface area contributed by atoms with Crippen molar-refractivity contribution in [1.29, 1.82) is 0 Å². The van der Waals surface area contributed by atoms with Crippen LogP contribution in [0.25, 0.3) is 0 Å². The van der Waals surface area contributed by atoms with E-state index in [2.05, 4.69) is 112 Å². The Hall–Kier alpha value is -5.47. The summed E-state index contributed by atoms with van der Waals surface area (Å²) in [6.45, 7) is 12.4. The highest BCUT2D eigenvalue weighted by Crippen LogP contribution is 2.51. The predicted molar refractivity (Wildman–Crippen MR) is 374 cm³/mol. The van der Waals surface area contributed by atoms with Crippen molar-refractivity contribution < 1.29 is 43.2 Å². The minimum atomic E-state index is -0.946. The number of carbonyl (C=O) groups is 4. The van der Waals surface area contributed by atoms with Gasteiger partial charge in [-0.15, -0.1) is 0 Å². The molecular weight excluding hydrogens is 1380 g/mol. The first-order valence-electron chi connectivity index (χ1n) is 30.2. The molecule has 0 heterocycles. The van der Waals surface area contributed by atoms with Crippen LogP contribution < -0.4 is 18.9 Å². The lowest BCUT2D eigenvalue weighted by atomic mass is 9.68. The molecule has 0 bridgehead atoms. The third-order valence-electron chi connectivity index (χ3n) is 16.0. The van der Waals surface area contributed by atoms with E-state index in [0.717, 1.165) is 89.9 Å². The fraction of sp³-hybridized carbons (Fsp3) is 0.378. The average Bonchev–Trinajstić information content (AvgIpc) is 1.84. The largest absolute Gasteiger partial charge is 0.496 e. The molecule has 3 saturated carbocycles. The Bertz CT molecular complexity index is 3310. The van der Waals surface area contributed by atoms with Crippen molar-refractivity contribution in [2.24, 2.45) is 17.8 Å². The maximum atomic E-state index is 12.4. The molecule has 0 unspecified atom stereocenters. The molecule has 15 heteroatoms. The highest BCUT2D eigenvalue weighted by molar-refractivity contribution is 9.11. The summed E-state index contributed by atoms with van der Waals surface area (Å²) >= 11 is 27.9. The first-order valence-corrected chi connectivity index (χ1v) is 33.8. The number of carboxylic acid groups (broad SMARTS) is 1. The number of rotatable bonds is 19. The molecule has 10 rings (SSSR count). The maximum Gasteiger partial charge on any atom is 0.335 e. The second-order valence-electron chi connectivity index (χ2n) is 24.1. The van der Waals surface area contributed by atoms with Crippen LogP contribution in [-0.2, 0) is 0 Å². The van der Waals surface area contributed by atoms with E-state index < -0.39 is 5.97 Å². The van der Waals surface area contributed by atoms with Crippen molar-refractivity contribution in [1.82, 2.24) is 0 Å². The Morgan fingerprint density at radius 2 is 0.674 bits per heavy atom. The summed E-state index contributed by atoms with van der Waals surface area (Å²) in [6, 6.07) is 46.3. The van der Waals surface area contributed by atoms with Crippen molar-refractivity contribution in [2.45, 2.75) is 134 Å². The molecule has 0 radical (unpaired) electrons. The van der Waals surface area contributed by atoms with E-state index in [1.807, 2.05) is 92.7 Å². The molecule has 3 aliphatic carbocycles. The zero-order valence-corrected chi connectivity index (χ0v) is 59.4. The number of alkyl halides is 1. The van der Waals surface area contributed by atoms with Crippen LogP contribution >= 0.6 is 82.6 Å². The number of ketones is 3. The summed E-state index contributed by atoms with van der Waals surface area (Å²) in [5.41, 5.74) is 9.02. The van der Waals surface area contributed by atoms with Crippen LogP contribution in [0.2, 0.25) is 15.1 Å². The smallest absolute Gasteiger partial charge is 0.335 e. The first-order chi connectivity index (χ1) is 42.4. The Kier molecular flexibility index (Phi) is 28.9. The molecule has 0 amide bonds. The van der Waals surface area contributed by atoms with Gasteiger partial charge in [0.1, 0.15) is 23.0 Å². The van der Waals surface area contributed by atoms with Gasteiger partial charge >= 0.3 is 5.97 Å². The molecule has 3 fully saturated rings. The van der Waals surface area contributed by atoms with Crippen LogP contribution in [0.1, 0.15) is 198 Å². The molecule has 7 aromatic rings. The van der Waals surface area contributed by atoms with Crippen LogP contribution in [0.4, 0.5) is 0 Å². The number of hydrogen-bond donors (Lipinski definition) is 1. The van der Waals surface area contributed by atoms with Crippen molar-refractivity contribution in [3.8, 4) is 23.0 Å². The van der Waals surface area contributed by atoms with Crippen molar-refractivity contribution >= 4 is 106 Å². The lowest BCUT2D eigenvalue weighted by molar-refractivity contribution is 0.0695. The van der Waals surface area contributed by atoms with Gasteiger partial charge in [0.25, 0.3) is 0 Å². The van der Waals surface area contributed by atoms with Crippen LogP contribution in [-0.4, -0.2) is 61.7 Å². The minimum Gasteiger partial charge on any atom is -0.496 e. The van der Waals surface area contributed by atoms with Crippen LogP contribution in [0, 0.1) is 17.8 Å². The predicted octanol–water partition coefficient (Wildman–Crippen LogP) is 22.3. The second-order valence-corrected chi connectivity index (χ2v) is 28.4. The third kappa shape index (κ3) is 21.8. The molecule has 7 aromatic carbocycles. The monoisotopic (exact) mass is 1460 g/mol. The molecule has 0 aromatic heterocycles. The number of aromatic carboxylic acids is 1. The Morgan fingerprint density at radius 1 is 0.404 bits per heavy atom. The van der Waals surface area contributed by atoms with Gasteiger partial charge in [-0.25, -0.2) is 4.79 Å². The Morgan fingerprint density at radius 3 is 0.944 bits per heavy atom. The highest BCUT2D eigenvalue weighted by atomic mass is 79.9. The van der Waals surface area contributed by atoms with Gasteiger partial charge in [0, 0.05) is 55.8 Å². The maximum absolute atomic E-state index is 12.4. The van der Waals surface area contributed by atoms with Crippen molar-refractivity contribution in [2.75, 3.05) is 28.4 Å². The third-order valence-corrected chi connectivity index (χ3v) is 18.8. The molecule has 0 atom stereocenters. The van der Waals surface area contributed by atoms with Gasteiger partial charge in [0.2, 0.25) is 0 Å². The van der Waals surface area contributed by atoms with Gasteiger partial charge in [-0.05, 0) is 255 Å². The Balaban J connectivity index is 0.000000184. The number of ether oxygens (including phenoxy) is 4. The molecule has 9 nitrogen and oxygen atoms in total. The lowest BCUT2D eigenvalue weighted by Crippen LogP contribution is -2.21. The summed E-state index contributed by atoms with van der Waals surface area (Å²) in [7, 11) is 6.53. The van der Waals surface area contributed by atoms with Gasteiger partial charge in [-0.2, -0.15) is 0 Å².